The van der Waals surface area contributed by atoms with Crippen LogP contribution in [-0.4, -0.2) is 157 Å². The number of hydrogen-bond acceptors (Lipinski definition) is 15. The molecule has 4 aromatic carbocycles. The Hall–Kier alpha value is -8.77. The van der Waals surface area contributed by atoms with Gasteiger partial charge in [-0.05, 0) is 24.3 Å². The van der Waals surface area contributed by atoms with E-state index >= 15 is 0 Å². The average Bonchev–Trinajstić information content (AvgIpc) is 3.83. The largest absolute Gasteiger partial charge is 0.481 e. The highest BCUT2D eigenvalue weighted by molar-refractivity contribution is 6.33. The maximum atomic E-state index is 13.8. The Morgan fingerprint density at radius 3 is 1.57 bits per heavy atom. The van der Waals surface area contributed by atoms with E-state index in [1.807, 2.05) is 0 Å². The van der Waals surface area contributed by atoms with Gasteiger partial charge in [0.25, 0.3) is 5.91 Å². The second-order valence-corrected chi connectivity index (χ2v) is 17.9. The Balaban J connectivity index is 0.000000261. The molecule has 3 heterocycles. The molecular formula is C51H47ClF8N6O16. The molecular weight excluding hydrogens is 1140 g/mol. The predicted octanol–water partition coefficient (Wildman–Crippen LogP) is 4.63. The molecule has 4 atom stereocenters. The van der Waals surface area contributed by atoms with Gasteiger partial charge in [0.1, 0.15) is 25.3 Å². The third-order valence-corrected chi connectivity index (χ3v) is 12.0. The first-order valence-electron chi connectivity index (χ1n) is 23.9. The standard InChI is InChI=1S/C25H21F4N3O8.C19H20F4N2O7.C7H6ClNO/c26-14-7-15(27)21(29)23(20(14)28)39-11-17(33)16(8-19(34)35)30-24(36)12-9-32(5-6-38-10-12)25(37)22-13-3-1-2-4-18(13)40-31-22;1-9(26)25-2-3-31-7-10(6-25)19(30)24-13(5-15(28)29)14(27)8-32-18-16(22)11(20)4-12(21)17(18)23;8-6-3-1-2-4-7(6)9-5-10/h1-4,7,12,16H,5-6,8-11H2,(H,30,36)(H,34,35);4,10,13H,2-3,5-8H2,1H3,(H,24,30)(H,28,29);1-5H,(H,9,10). The van der Waals surface area contributed by atoms with Gasteiger partial charge in [0, 0.05) is 45.2 Å². The summed E-state index contributed by atoms with van der Waals surface area (Å²) in [4.78, 5) is 110. The van der Waals surface area contributed by atoms with Crippen LogP contribution >= 0.6 is 11.6 Å². The third kappa shape index (κ3) is 17.6. The summed E-state index contributed by atoms with van der Waals surface area (Å²) in [6.07, 6.45) is -1.25. The number of ether oxygens (including phenoxy) is 4. The molecule has 1 aromatic heterocycles. The minimum atomic E-state index is -1.90. The Bertz CT molecular complexity index is 3140. The molecule has 2 fully saturated rings. The van der Waals surface area contributed by atoms with Gasteiger partial charge in [0.15, 0.2) is 57.6 Å². The molecule has 5 amide bonds. The van der Waals surface area contributed by atoms with Gasteiger partial charge in [-0.2, -0.15) is 17.6 Å². The number of aromatic nitrogens is 1. The Labute approximate surface area is 462 Å². The lowest BCUT2D eigenvalue weighted by Gasteiger charge is -2.24. The summed E-state index contributed by atoms with van der Waals surface area (Å²) in [5.41, 5.74) is 1.03. The van der Waals surface area contributed by atoms with Crippen LogP contribution in [0.25, 0.3) is 11.0 Å². The molecule has 0 radical (unpaired) electrons. The number of carbonyl (C=O) groups is 9. The normalized spacial score (nSPS) is 15.8. The van der Waals surface area contributed by atoms with Crippen molar-refractivity contribution in [3.8, 4) is 11.5 Å². The van der Waals surface area contributed by atoms with Crippen molar-refractivity contribution in [1.82, 2.24) is 25.6 Å². The molecule has 82 heavy (non-hydrogen) atoms. The van der Waals surface area contributed by atoms with Gasteiger partial charge in [0.05, 0.1) is 67.2 Å². The molecule has 22 nitrogen and oxygen atoms in total. The number of Topliss-reactive ketones (excluding diaryl/α,β-unsaturated/α-hetero) is 2. The van der Waals surface area contributed by atoms with E-state index in [-0.39, 0.29) is 76.3 Å². The van der Waals surface area contributed by atoms with Crippen LogP contribution in [0.1, 0.15) is 30.3 Å². The molecule has 0 aliphatic carbocycles. The lowest BCUT2D eigenvalue weighted by Crippen LogP contribution is -2.49. The maximum Gasteiger partial charge on any atom is 0.305 e. The van der Waals surface area contributed by atoms with Crippen LogP contribution in [0, 0.1) is 58.4 Å². The van der Waals surface area contributed by atoms with Crippen molar-refractivity contribution >= 4 is 81.8 Å². The number of para-hydroxylation sites is 2. The van der Waals surface area contributed by atoms with E-state index in [0.717, 1.165) is 0 Å². The molecule has 440 valence electrons. The number of nitrogens with one attached hydrogen (secondary N) is 3. The predicted molar refractivity (Wildman–Crippen MR) is 264 cm³/mol. The molecule has 5 aromatic rings. The highest BCUT2D eigenvalue weighted by Crippen LogP contribution is 2.28. The number of rotatable bonds is 19. The second-order valence-electron chi connectivity index (χ2n) is 17.5. The van der Waals surface area contributed by atoms with E-state index in [4.69, 9.17) is 30.7 Å². The lowest BCUT2D eigenvalue weighted by atomic mass is 10.1. The Morgan fingerprint density at radius 1 is 0.683 bits per heavy atom. The molecule has 4 unspecified atom stereocenters. The van der Waals surface area contributed by atoms with E-state index in [1.54, 1.807) is 48.5 Å². The van der Waals surface area contributed by atoms with Crippen LogP contribution in [0.4, 0.5) is 40.8 Å². The summed E-state index contributed by atoms with van der Waals surface area (Å²) in [6.45, 7) is -1.04. The van der Waals surface area contributed by atoms with Crippen LogP contribution in [-0.2, 0) is 47.8 Å². The number of anilines is 1. The van der Waals surface area contributed by atoms with E-state index in [9.17, 15) is 83.4 Å². The number of ketones is 2. The monoisotopic (exact) mass is 1190 g/mol. The number of halogens is 9. The fraction of sp³-hybridized carbons (Fsp3) is 0.333. The summed E-state index contributed by atoms with van der Waals surface area (Å²) in [7, 11) is 0. The quantitative estimate of drug-likeness (QED) is 0.0428. The number of benzene rings is 4. The van der Waals surface area contributed by atoms with Gasteiger partial charge in [-0.3, -0.25) is 43.2 Å². The fourth-order valence-corrected chi connectivity index (χ4v) is 7.69. The molecule has 5 N–H and O–H groups in total. The van der Waals surface area contributed by atoms with E-state index in [2.05, 4.69) is 30.6 Å². The molecule has 0 bridgehead atoms. The minimum Gasteiger partial charge on any atom is -0.481 e. The van der Waals surface area contributed by atoms with Gasteiger partial charge in [-0.15, -0.1) is 0 Å². The SMILES string of the molecule is CC(=O)N1CCOCC(C(=O)NC(CC(=O)O)C(=O)COc2c(F)c(F)cc(F)c2F)C1.O=C(O)CC(NC(=O)C1COCCN(C(=O)c2noc3ccccc23)C1)C(=O)COc1c(F)c(F)cc(F)c1F.O=CNc1ccccc1Cl. The first-order valence-corrected chi connectivity index (χ1v) is 24.3. The Morgan fingerprint density at radius 2 is 1.12 bits per heavy atom. The van der Waals surface area contributed by atoms with Crippen LogP contribution in [0.5, 0.6) is 11.5 Å². The summed E-state index contributed by atoms with van der Waals surface area (Å²) in [6, 6.07) is 10.2. The molecule has 2 aliphatic rings. The third-order valence-electron chi connectivity index (χ3n) is 11.7. The Kier molecular flexibility index (Phi) is 23.6. The molecule has 2 aliphatic heterocycles. The van der Waals surface area contributed by atoms with Crippen LogP contribution in [0.2, 0.25) is 5.02 Å². The molecule has 0 saturated carbocycles. The number of nitrogens with zero attached hydrogens (tertiary/aromatic N) is 3. The first-order chi connectivity index (χ1) is 38.9. The highest BCUT2D eigenvalue weighted by atomic mass is 35.5. The van der Waals surface area contributed by atoms with E-state index in [0.29, 0.717) is 28.1 Å². The van der Waals surface area contributed by atoms with Gasteiger partial charge in [0.2, 0.25) is 47.4 Å². The smallest absolute Gasteiger partial charge is 0.305 e. The molecule has 2 saturated heterocycles. The number of carboxylic acids is 2. The summed E-state index contributed by atoms with van der Waals surface area (Å²) < 4.78 is 133. The number of carboxylic acid groups (broad SMARTS) is 2. The zero-order valence-corrected chi connectivity index (χ0v) is 43.3. The summed E-state index contributed by atoms with van der Waals surface area (Å²) in [5, 5.41) is 29.9. The molecule has 7 rings (SSSR count). The number of amides is 5. The minimum absolute atomic E-state index is 0.0148. The average molecular weight is 1190 g/mol. The summed E-state index contributed by atoms with van der Waals surface area (Å²) in [5.74, 6) is -27.4. The van der Waals surface area contributed by atoms with Gasteiger partial charge >= 0.3 is 11.9 Å². The number of fused-ring (bicyclic) bond motifs is 1. The first kappa shape index (κ1) is 64.1. The van der Waals surface area contributed by atoms with Crippen LogP contribution in [0.3, 0.4) is 0 Å². The zero-order chi connectivity index (χ0) is 60.4. The second kappa shape index (κ2) is 30.2. The van der Waals surface area contributed by atoms with Gasteiger partial charge in [-0.25, -0.2) is 17.6 Å². The molecule has 31 heteroatoms. The van der Waals surface area contributed by atoms with Gasteiger partial charge in [-0.1, -0.05) is 41.0 Å². The fourth-order valence-electron chi connectivity index (χ4n) is 7.50. The van der Waals surface area contributed by atoms with Crippen molar-refractivity contribution in [1.29, 1.82) is 0 Å². The van der Waals surface area contributed by atoms with Crippen molar-refractivity contribution < 1.29 is 112 Å². The molecule has 0 spiro atoms. The van der Waals surface area contributed by atoms with Crippen molar-refractivity contribution in [2.45, 2.75) is 31.8 Å². The van der Waals surface area contributed by atoms with E-state index in [1.165, 1.54) is 16.7 Å². The maximum absolute atomic E-state index is 13.8. The highest BCUT2D eigenvalue weighted by Gasteiger charge is 2.35. The van der Waals surface area contributed by atoms with Crippen molar-refractivity contribution in [3.63, 3.8) is 0 Å². The number of aliphatic carboxylic acids is 2. The number of hydrogen-bond donors (Lipinski definition) is 5. The van der Waals surface area contributed by atoms with Crippen LogP contribution in [0.15, 0.2) is 65.2 Å². The van der Waals surface area contributed by atoms with Crippen molar-refractivity contribution in [3.05, 3.63) is 118 Å². The van der Waals surface area contributed by atoms with Crippen LogP contribution < -0.4 is 25.4 Å². The van der Waals surface area contributed by atoms with Crippen molar-refractivity contribution in [2.75, 3.05) is 71.1 Å². The summed E-state index contributed by atoms with van der Waals surface area (Å²) >= 11 is 5.68. The van der Waals surface area contributed by atoms with Gasteiger partial charge < -0.3 is 59.4 Å². The van der Waals surface area contributed by atoms with E-state index < -0.39 is 149 Å². The topological polar surface area (TPSA) is 300 Å². The zero-order valence-electron chi connectivity index (χ0n) is 42.5. The lowest BCUT2D eigenvalue weighted by molar-refractivity contribution is -0.141. The number of carbonyl (C=O) groups excluding carboxylic acids is 7. The van der Waals surface area contributed by atoms with Crippen molar-refractivity contribution in [2.24, 2.45) is 11.8 Å².